The average Bonchev–Trinajstić information content (AvgIpc) is 2.65. The Balaban J connectivity index is 2.50. The second-order valence-electron chi connectivity index (χ2n) is 3.76. The lowest BCUT2D eigenvalue weighted by atomic mass is 10.1. The van der Waals surface area contributed by atoms with Crippen LogP contribution in [0, 0.1) is 0 Å². The van der Waals surface area contributed by atoms with Crippen LogP contribution < -0.4 is 0 Å². The summed E-state index contributed by atoms with van der Waals surface area (Å²) in [6.07, 6.45) is -4.34. The molecule has 1 aliphatic rings. The van der Waals surface area contributed by atoms with Crippen molar-refractivity contribution in [2.75, 3.05) is 0 Å². The highest BCUT2D eigenvalue weighted by molar-refractivity contribution is 6.11. The molecule has 0 aliphatic heterocycles. The Morgan fingerprint density at radius 1 is 1.16 bits per heavy atom. The molecule has 9 heteroatoms. The molecule has 1 aliphatic carbocycles. The van der Waals surface area contributed by atoms with Crippen molar-refractivity contribution < 1.29 is 31.9 Å². The normalized spacial score (nSPS) is 18.5. The predicted octanol–water partition coefficient (Wildman–Crippen LogP) is 2.23. The molecule has 0 aromatic carbocycles. The van der Waals surface area contributed by atoms with Gasteiger partial charge < -0.3 is 5.11 Å². The van der Waals surface area contributed by atoms with E-state index < -0.39 is 35.6 Å². The number of carbonyl (C=O) groups is 1. The van der Waals surface area contributed by atoms with Gasteiger partial charge in [0.05, 0.1) is 11.3 Å². The van der Waals surface area contributed by atoms with Crippen LogP contribution in [-0.4, -0.2) is 33.0 Å². The molecule has 102 valence electrons. The maximum atomic E-state index is 12.9. The van der Waals surface area contributed by atoms with Crippen molar-refractivity contribution in [3.63, 3.8) is 0 Å². The second kappa shape index (κ2) is 3.97. The molecule has 0 atom stereocenters. The van der Waals surface area contributed by atoms with E-state index in [1.165, 1.54) is 0 Å². The van der Waals surface area contributed by atoms with Crippen LogP contribution in [0.25, 0.3) is 0 Å². The lowest BCUT2D eigenvalue weighted by Crippen LogP contribution is -2.39. The SMILES string of the molecule is O=C1/C(=C(\O)C(F)(F)C(F)(F)F)Cc2nccnc21. The van der Waals surface area contributed by atoms with E-state index in [1.54, 1.807) is 0 Å². The summed E-state index contributed by atoms with van der Waals surface area (Å²) < 4.78 is 62.2. The fourth-order valence-electron chi connectivity index (χ4n) is 1.59. The smallest absolute Gasteiger partial charge is 0.461 e. The summed E-state index contributed by atoms with van der Waals surface area (Å²) in [6, 6.07) is 0. The lowest BCUT2D eigenvalue weighted by Gasteiger charge is -2.19. The number of nitrogens with zero attached hydrogens (tertiary/aromatic N) is 2. The van der Waals surface area contributed by atoms with Crippen molar-refractivity contribution in [1.29, 1.82) is 0 Å². The van der Waals surface area contributed by atoms with E-state index in [0.29, 0.717) is 0 Å². The van der Waals surface area contributed by atoms with Gasteiger partial charge in [-0.2, -0.15) is 22.0 Å². The van der Waals surface area contributed by atoms with Gasteiger partial charge in [-0.25, -0.2) is 4.98 Å². The Kier molecular flexibility index (Phi) is 2.79. The fourth-order valence-corrected chi connectivity index (χ4v) is 1.59. The van der Waals surface area contributed by atoms with Crippen LogP contribution in [-0.2, 0) is 6.42 Å². The molecule has 4 nitrogen and oxygen atoms in total. The van der Waals surface area contributed by atoms with Gasteiger partial charge >= 0.3 is 12.1 Å². The van der Waals surface area contributed by atoms with E-state index in [2.05, 4.69) is 9.97 Å². The number of aliphatic hydroxyl groups is 1. The molecule has 0 fully saturated rings. The molecule has 0 spiro atoms. The summed E-state index contributed by atoms with van der Waals surface area (Å²) >= 11 is 0. The van der Waals surface area contributed by atoms with Crippen molar-refractivity contribution in [1.82, 2.24) is 9.97 Å². The number of halogens is 5. The van der Waals surface area contributed by atoms with Crippen molar-refractivity contribution in [2.24, 2.45) is 0 Å². The zero-order chi connectivity index (χ0) is 14.4. The number of aromatic nitrogens is 2. The molecule has 1 N–H and O–H groups in total. The molecule has 0 amide bonds. The van der Waals surface area contributed by atoms with Gasteiger partial charge in [-0.3, -0.25) is 9.78 Å². The van der Waals surface area contributed by atoms with Gasteiger partial charge in [0, 0.05) is 18.8 Å². The minimum Gasteiger partial charge on any atom is -0.506 e. The van der Waals surface area contributed by atoms with E-state index >= 15 is 0 Å². The highest BCUT2D eigenvalue weighted by atomic mass is 19.4. The largest absolute Gasteiger partial charge is 0.506 e. The Bertz CT molecular complexity index is 580. The number of aliphatic hydroxyl groups excluding tert-OH is 1. The third-order valence-electron chi connectivity index (χ3n) is 2.55. The Morgan fingerprint density at radius 2 is 1.74 bits per heavy atom. The van der Waals surface area contributed by atoms with E-state index in [4.69, 9.17) is 5.11 Å². The minimum atomic E-state index is -5.99. The van der Waals surface area contributed by atoms with Crippen LogP contribution in [0.3, 0.4) is 0 Å². The number of ketones is 1. The van der Waals surface area contributed by atoms with Crippen molar-refractivity contribution in [3.8, 4) is 0 Å². The number of alkyl halides is 5. The first-order valence-electron chi connectivity index (χ1n) is 4.88. The van der Waals surface area contributed by atoms with Crippen LogP contribution in [0.2, 0.25) is 0 Å². The van der Waals surface area contributed by atoms with Gasteiger partial charge in [-0.05, 0) is 0 Å². The molecule has 19 heavy (non-hydrogen) atoms. The van der Waals surface area contributed by atoms with Gasteiger partial charge in [0.25, 0.3) is 0 Å². The van der Waals surface area contributed by atoms with Gasteiger partial charge in [0.1, 0.15) is 5.69 Å². The van der Waals surface area contributed by atoms with Gasteiger partial charge in [0.15, 0.2) is 5.76 Å². The first kappa shape index (κ1) is 13.4. The predicted molar refractivity (Wildman–Crippen MR) is 50.7 cm³/mol. The van der Waals surface area contributed by atoms with Crippen LogP contribution in [0.5, 0.6) is 0 Å². The molecular formula is C10H5F5N2O2. The minimum absolute atomic E-state index is 0.0491. The number of rotatable bonds is 1. The standard InChI is InChI=1S/C10H5F5N2O2/c11-9(12,10(13,14)15)8(19)4-3-5-6(7(4)18)17-2-1-16-5/h1-2,19H,3H2/b8-4-. The van der Waals surface area contributed by atoms with Gasteiger partial charge in [0.2, 0.25) is 5.78 Å². The summed E-state index contributed by atoms with van der Waals surface area (Å²) in [5.74, 6) is -8.96. The monoisotopic (exact) mass is 280 g/mol. The topological polar surface area (TPSA) is 63.1 Å². The highest BCUT2D eigenvalue weighted by Gasteiger charge is 2.62. The van der Waals surface area contributed by atoms with E-state index in [9.17, 15) is 26.7 Å². The Hall–Kier alpha value is -2.06. The number of hydrogen-bond donors (Lipinski definition) is 1. The Labute approximate surface area is 102 Å². The zero-order valence-corrected chi connectivity index (χ0v) is 9.00. The summed E-state index contributed by atoms with van der Waals surface area (Å²) in [7, 11) is 0. The van der Waals surface area contributed by atoms with Crippen LogP contribution >= 0.6 is 0 Å². The quantitative estimate of drug-likeness (QED) is 0.487. The number of carbonyl (C=O) groups excluding carboxylic acids is 1. The highest BCUT2D eigenvalue weighted by Crippen LogP contribution is 2.42. The molecule has 1 aromatic rings. The van der Waals surface area contributed by atoms with E-state index in [0.717, 1.165) is 12.4 Å². The first-order valence-corrected chi connectivity index (χ1v) is 4.88. The van der Waals surface area contributed by atoms with Crippen molar-refractivity contribution >= 4 is 5.78 Å². The third-order valence-corrected chi connectivity index (χ3v) is 2.55. The van der Waals surface area contributed by atoms with Gasteiger partial charge in [-0.1, -0.05) is 0 Å². The summed E-state index contributed by atoms with van der Waals surface area (Å²) in [6.45, 7) is 0. The molecule has 0 bridgehead atoms. The summed E-state index contributed by atoms with van der Waals surface area (Å²) in [5.41, 5.74) is -1.42. The number of allylic oxidation sites excluding steroid dienone is 2. The third kappa shape index (κ3) is 1.94. The zero-order valence-electron chi connectivity index (χ0n) is 9.00. The molecule has 0 saturated heterocycles. The van der Waals surface area contributed by atoms with E-state index in [1.807, 2.05) is 0 Å². The molecule has 2 rings (SSSR count). The first-order chi connectivity index (χ1) is 8.66. The lowest BCUT2D eigenvalue weighted by molar-refractivity contribution is -0.274. The molecule has 1 aromatic heterocycles. The summed E-state index contributed by atoms with van der Waals surface area (Å²) in [5, 5.41) is 9.09. The maximum absolute atomic E-state index is 12.9. The number of Topliss-reactive ketones (excluding diaryl/α,β-unsaturated/α-hetero) is 1. The second-order valence-corrected chi connectivity index (χ2v) is 3.76. The van der Waals surface area contributed by atoms with Crippen molar-refractivity contribution in [3.05, 3.63) is 35.1 Å². The number of hydrogen-bond acceptors (Lipinski definition) is 4. The molecule has 0 unspecified atom stereocenters. The van der Waals surface area contributed by atoms with Gasteiger partial charge in [-0.15, -0.1) is 0 Å². The Morgan fingerprint density at radius 3 is 2.26 bits per heavy atom. The molecule has 0 saturated carbocycles. The van der Waals surface area contributed by atoms with E-state index in [-0.39, 0.29) is 11.4 Å². The maximum Gasteiger partial charge on any atom is 0.461 e. The van der Waals surface area contributed by atoms with Crippen LogP contribution in [0.15, 0.2) is 23.7 Å². The van der Waals surface area contributed by atoms with Crippen molar-refractivity contribution in [2.45, 2.75) is 18.5 Å². The summed E-state index contributed by atoms with van der Waals surface area (Å²) in [4.78, 5) is 18.8. The number of fused-ring (bicyclic) bond motifs is 1. The molecule has 0 radical (unpaired) electrons. The molecular weight excluding hydrogens is 275 g/mol. The van der Waals surface area contributed by atoms with Crippen LogP contribution in [0.4, 0.5) is 22.0 Å². The fraction of sp³-hybridized carbons (Fsp3) is 0.300. The average molecular weight is 280 g/mol. The van der Waals surface area contributed by atoms with Crippen LogP contribution in [0.1, 0.15) is 16.2 Å². The molecule has 1 heterocycles.